The Kier molecular flexibility index (Phi) is 4.92. The molecule has 128 valence electrons. The molecule has 0 aliphatic rings. The molecule has 0 radical (unpaired) electrons. The third kappa shape index (κ3) is 3.60. The average Bonchev–Trinajstić information content (AvgIpc) is 3.31. The number of thiophene rings is 1. The molecule has 7 heteroatoms. The van der Waals surface area contributed by atoms with Crippen LogP contribution in [0.15, 0.2) is 75.6 Å². The van der Waals surface area contributed by atoms with E-state index >= 15 is 0 Å². The highest BCUT2D eigenvalue weighted by Gasteiger charge is 2.20. The number of thiazole rings is 1. The Hall–Kier alpha value is -2.35. The van der Waals surface area contributed by atoms with Crippen LogP contribution in [0, 0.1) is 0 Å². The molecular formula is C19H12BrN3OS2. The summed E-state index contributed by atoms with van der Waals surface area (Å²) in [6, 6.07) is 18.9. The molecule has 0 aliphatic heterocycles. The van der Waals surface area contributed by atoms with E-state index in [1.165, 1.54) is 16.3 Å². The van der Waals surface area contributed by atoms with Gasteiger partial charge < -0.3 is 0 Å². The number of hydrazone groups is 1. The summed E-state index contributed by atoms with van der Waals surface area (Å²) in [5.74, 6) is -0.212. The Balaban J connectivity index is 1.77. The minimum absolute atomic E-state index is 0.212. The SMILES string of the molecule is O=C(c1ccccc1)N(/N=C/c1cccs1)c1nc2ccc(Br)cc2s1. The minimum atomic E-state index is -0.212. The van der Waals surface area contributed by atoms with E-state index in [-0.39, 0.29) is 5.91 Å². The number of anilines is 1. The monoisotopic (exact) mass is 441 g/mol. The molecule has 0 bridgehead atoms. The van der Waals surface area contributed by atoms with Gasteiger partial charge in [0.2, 0.25) is 5.13 Å². The van der Waals surface area contributed by atoms with E-state index in [1.54, 1.807) is 29.7 Å². The molecular weight excluding hydrogens is 430 g/mol. The maximum Gasteiger partial charge on any atom is 0.280 e. The van der Waals surface area contributed by atoms with Crippen molar-refractivity contribution in [2.45, 2.75) is 0 Å². The third-order valence-electron chi connectivity index (χ3n) is 3.58. The molecule has 1 amide bonds. The van der Waals surface area contributed by atoms with Crippen molar-refractivity contribution in [1.29, 1.82) is 0 Å². The summed E-state index contributed by atoms with van der Waals surface area (Å²) in [6.45, 7) is 0. The average molecular weight is 442 g/mol. The lowest BCUT2D eigenvalue weighted by Gasteiger charge is -2.13. The second-order valence-corrected chi connectivity index (χ2v) is 8.26. The molecule has 4 rings (SSSR count). The van der Waals surface area contributed by atoms with Crippen molar-refractivity contribution in [2.75, 3.05) is 5.01 Å². The Morgan fingerprint density at radius 2 is 1.96 bits per heavy atom. The number of amides is 1. The van der Waals surface area contributed by atoms with Crippen molar-refractivity contribution < 1.29 is 4.79 Å². The number of aromatic nitrogens is 1. The minimum Gasteiger partial charge on any atom is -0.267 e. The van der Waals surface area contributed by atoms with Gasteiger partial charge in [-0.05, 0) is 41.8 Å². The zero-order valence-electron chi connectivity index (χ0n) is 13.4. The summed E-state index contributed by atoms with van der Waals surface area (Å²) in [5.41, 5.74) is 1.40. The van der Waals surface area contributed by atoms with Gasteiger partial charge in [-0.25, -0.2) is 4.98 Å². The first-order valence-electron chi connectivity index (χ1n) is 7.74. The van der Waals surface area contributed by atoms with Crippen LogP contribution in [0.25, 0.3) is 10.2 Å². The van der Waals surface area contributed by atoms with Crippen molar-refractivity contribution in [1.82, 2.24) is 4.98 Å². The van der Waals surface area contributed by atoms with Crippen molar-refractivity contribution in [2.24, 2.45) is 5.10 Å². The quantitative estimate of drug-likeness (QED) is 0.296. The van der Waals surface area contributed by atoms with Gasteiger partial charge in [0.1, 0.15) is 0 Å². The van der Waals surface area contributed by atoms with Gasteiger partial charge in [-0.15, -0.1) is 11.3 Å². The van der Waals surface area contributed by atoms with Gasteiger partial charge in [0.05, 0.1) is 16.4 Å². The summed E-state index contributed by atoms with van der Waals surface area (Å²) in [4.78, 5) is 18.6. The zero-order valence-corrected chi connectivity index (χ0v) is 16.6. The van der Waals surface area contributed by atoms with Crippen LogP contribution in [0.1, 0.15) is 15.2 Å². The highest BCUT2D eigenvalue weighted by Crippen LogP contribution is 2.32. The van der Waals surface area contributed by atoms with E-state index in [4.69, 9.17) is 0 Å². The van der Waals surface area contributed by atoms with Crippen LogP contribution in [0.3, 0.4) is 0 Å². The standard InChI is InChI=1S/C19H12BrN3OS2/c20-14-8-9-16-17(11-14)26-19(22-16)23(21-12-15-7-4-10-25-15)18(24)13-5-2-1-3-6-13/h1-12H/b21-12+. The number of hydrogen-bond donors (Lipinski definition) is 0. The fourth-order valence-electron chi connectivity index (χ4n) is 2.35. The van der Waals surface area contributed by atoms with Gasteiger partial charge in [0.15, 0.2) is 0 Å². The summed E-state index contributed by atoms with van der Waals surface area (Å²) < 4.78 is 1.97. The first-order chi connectivity index (χ1) is 12.7. The number of nitrogens with zero attached hydrogens (tertiary/aromatic N) is 3. The Morgan fingerprint density at radius 3 is 2.73 bits per heavy atom. The molecule has 4 aromatic rings. The van der Waals surface area contributed by atoms with E-state index in [0.717, 1.165) is 19.6 Å². The Labute approximate surface area is 166 Å². The second-order valence-electron chi connectivity index (χ2n) is 5.35. The lowest BCUT2D eigenvalue weighted by molar-refractivity contribution is 0.0988. The van der Waals surface area contributed by atoms with E-state index < -0.39 is 0 Å². The van der Waals surface area contributed by atoms with Gasteiger partial charge >= 0.3 is 0 Å². The fraction of sp³-hybridized carbons (Fsp3) is 0. The van der Waals surface area contributed by atoms with Crippen molar-refractivity contribution in [3.63, 3.8) is 0 Å². The summed E-state index contributed by atoms with van der Waals surface area (Å²) in [5, 5.41) is 8.32. The van der Waals surface area contributed by atoms with Crippen molar-refractivity contribution in [3.8, 4) is 0 Å². The highest BCUT2D eigenvalue weighted by atomic mass is 79.9. The van der Waals surface area contributed by atoms with Crippen molar-refractivity contribution in [3.05, 3.63) is 81.0 Å². The number of fused-ring (bicyclic) bond motifs is 1. The smallest absolute Gasteiger partial charge is 0.267 e. The summed E-state index contributed by atoms with van der Waals surface area (Å²) in [6.07, 6.45) is 1.69. The van der Waals surface area contributed by atoms with Crippen molar-refractivity contribution >= 4 is 66.1 Å². The number of halogens is 1. The first-order valence-corrected chi connectivity index (χ1v) is 10.2. The van der Waals surface area contributed by atoms with Crippen LogP contribution >= 0.6 is 38.6 Å². The maximum atomic E-state index is 13.0. The predicted molar refractivity (Wildman–Crippen MR) is 112 cm³/mol. The molecule has 0 spiro atoms. The molecule has 4 nitrogen and oxygen atoms in total. The molecule has 0 fully saturated rings. The van der Waals surface area contributed by atoms with Gasteiger partial charge in [0.25, 0.3) is 5.91 Å². The largest absolute Gasteiger partial charge is 0.280 e. The third-order valence-corrected chi connectivity index (χ3v) is 5.87. The van der Waals surface area contributed by atoms with Gasteiger partial charge in [0, 0.05) is 14.9 Å². The number of carbonyl (C=O) groups is 1. The van der Waals surface area contributed by atoms with Gasteiger partial charge in [-0.3, -0.25) is 4.79 Å². The van der Waals surface area contributed by atoms with Gasteiger partial charge in [-0.1, -0.05) is 51.5 Å². The number of carbonyl (C=O) groups excluding carboxylic acids is 1. The summed E-state index contributed by atoms with van der Waals surface area (Å²) in [7, 11) is 0. The van der Waals surface area contributed by atoms with E-state index in [0.29, 0.717) is 10.7 Å². The predicted octanol–water partition coefficient (Wildman–Crippen LogP) is 5.80. The number of rotatable bonds is 4. The normalized spacial score (nSPS) is 11.3. The molecule has 2 aromatic heterocycles. The first kappa shape index (κ1) is 17.1. The van der Waals surface area contributed by atoms with E-state index in [9.17, 15) is 4.79 Å². The molecule has 0 unspecified atom stereocenters. The molecule has 26 heavy (non-hydrogen) atoms. The molecule has 0 N–H and O–H groups in total. The lowest BCUT2D eigenvalue weighted by atomic mass is 10.2. The molecule has 0 saturated heterocycles. The molecule has 2 heterocycles. The molecule has 2 aromatic carbocycles. The molecule has 0 saturated carbocycles. The van der Waals surface area contributed by atoms with E-state index in [1.807, 2.05) is 53.9 Å². The van der Waals surface area contributed by atoms with Crippen LogP contribution in [0.5, 0.6) is 0 Å². The summed E-state index contributed by atoms with van der Waals surface area (Å²) >= 11 is 6.47. The topological polar surface area (TPSA) is 45.6 Å². The highest BCUT2D eigenvalue weighted by molar-refractivity contribution is 9.10. The van der Waals surface area contributed by atoms with Crippen LogP contribution in [0.4, 0.5) is 5.13 Å². The molecule has 0 aliphatic carbocycles. The van der Waals surface area contributed by atoms with Crippen LogP contribution in [-0.2, 0) is 0 Å². The lowest BCUT2D eigenvalue weighted by Crippen LogP contribution is -2.25. The number of benzene rings is 2. The maximum absolute atomic E-state index is 13.0. The van der Waals surface area contributed by atoms with Crippen LogP contribution < -0.4 is 5.01 Å². The second kappa shape index (κ2) is 7.49. The fourth-order valence-corrected chi connectivity index (χ4v) is 4.40. The van der Waals surface area contributed by atoms with E-state index in [2.05, 4.69) is 26.0 Å². The molecule has 0 atom stereocenters. The number of hydrogen-bond acceptors (Lipinski definition) is 5. The van der Waals surface area contributed by atoms with Gasteiger partial charge in [-0.2, -0.15) is 10.1 Å². The zero-order chi connectivity index (χ0) is 17.9. The van der Waals surface area contributed by atoms with Crippen LogP contribution in [0.2, 0.25) is 0 Å². The van der Waals surface area contributed by atoms with Crippen LogP contribution in [-0.4, -0.2) is 17.1 Å². The Morgan fingerprint density at radius 1 is 1.12 bits per heavy atom. The Bertz CT molecular complexity index is 1070.